The van der Waals surface area contributed by atoms with Crippen LogP contribution in [0.15, 0.2) is 56.8 Å². The van der Waals surface area contributed by atoms with Crippen molar-refractivity contribution in [3.8, 4) is 0 Å². The first-order chi connectivity index (χ1) is 15.2. The van der Waals surface area contributed by atoms with Crippen LogP contribution in [-0.4, -0.2) is 37.2 Å². The summed E-state index contributed by atoms with van der Waals surface area (Å²) in [5.74, 6) is -1.07. The van der Waals surface area contributed by atoms with Gasteiger partial charge >= 0.3 is 5.97 Å². The summed E-state index contributed by atoms with van der Waals surface area (Å²) in [5, 5.41) is 0.449. The van der Waals surface area contributed by atoms with Crippen molar-refractivity contribution in [3.05, 3.63) is 56.8 Å². The number of ether oxygens (including phenoxy) is 1. The number of nitrogens with zero attached hydrogens (tertiary/aromatic N) is 2. The molecule has 0 unspecified atom stereocenters. The Kier molecular flexibility index (Phi) is 8.26. The van der Waals surface area contributed by atoms with Crippen molar-refractivity contribution >= 4 is 70.8 Å². The van der Waals surface area contributed by atoms with Gasteiger partial charge in [0.2, 0.25) is 5.91 Å². The first-order valence-corrected chi connectivity index (χ1v) is 13.3. The topological polar surface area (TPSA) is 94.8 Å². The lowest BCUT2D eigenvalue weighted by Gasteiger charge is -2.05. The Balaban J connectivity index is 1.78. The molecule has 3 rings (SSSR count). The van der Waals surface area contributed by atoms with Crippen LogP contribution in [-0.2, 0) is 30.7 Å². The predicted molar refractivity (Wildman–Crippen MR) is 127 cm³/mol. The first-order valence-electron chi connectivity index (χ1n) is 9.70. The molecule has 170 valence electrons. The molecule has 0 fully saturated rings. The smallest absolute Gasteiger partial charge is 0.326 e. The van der Waals surface area contributed by atoms with Gasteiger partial charge in [-0.2, -0.15) is 4.99 Å². The molecule has 0 saturated heterocycles. The largest absolute Gasteiger partial charge is 0.465 e. The van der Waals surface area contributed by atoms with Crippen LogP contribution >= 0.6 is 38.9 Å². The zero-order chi connectivity index (χ0) is 23.3. The summed E-state index contributed by atoms with van der Waals surface area (Å²) in [7, 11) is -3.52. The van der Waals surface area contributed by atoms with Crippen LogP contribution in [0, 0.1) is 0 Å². The minimum atomic E-state index is -3.52. The van der Waals surface area contributed by atoms with E-state index in [0.29, 0.717) is 9.82 Å². The minimum absolute atomic E-state index is 0.0375. The van der Waals surface area contributed by atoms with Crippen molar-refractivity contribution in [2.45, 2.75) is 31.2 Å². The maximum atomic E-state index is 12.5. The zero-order valence-corrected chi connectivity index (χ0v) is 21.1. The Morgan fingerprint density at radius 1 is 1.19 bits per heavy atom. The average molecular weight is 560 g/mol. The Labute approximate surface area is 202 Å². The van der Waals surface area contributed by atoms with Gasteiger partial charge in [0.15, 0.2) is 14.6 Å². The van der Waals surface area contributed by atoms with Crippen LogP contribution in [0.3, 0.4) is 0 Å². The molecule has 0 saturated carbocycles. The lowest BCUT2D eigenvalue weighted by Crippen LogP contribution is -2.23. The van der Waals surface area contributed by atoms with E-state index < -0.39 is 21.7 Å². The van der Waals surface area contributed by atoms with E-state index >= 15 is 0 Å². The highest BCUT2D eigenvalue weighted by molar-refractivity contribution is 9.10. The van der Waals surface area contributed by atoms with Gasteiger partial charge in [-0.05, 0) is 55.8 Å². The van der Waals surface area contributed by atoms with E-state index in [1.807, 2.05) is 18.2 Å². The van der Waals surface area contributed by atoms with Gasteiger partial charge in [-0.25, -0.2) is 8.42 Å². The third kappa shape index (κ3) is 6.28. The van der Waals surface area contributed by atoms with E-state index in [-0.39, 0.29) is 36.6 Å². The van der Waals surface area contributed by atoms with E-state index in [0.717, 1.165) is 14.7 Å². The molecule has 1 heterocycles. The maximum absolute atomic E-state index is 12.5. The Morgan fingerprint density at radius 2 is 1.91 bits per heavy atom. The van der Waals surface area contributed by atoms with E-state index in [1.54, 1.807) is 11.5 Å². The fourth-order valence-electron chi connectivity index (χ4n) is 2.96. The molecular formula is C21H20BrClN2O5S2. The zero-order valence-electron chi connectivity index (χ0n) is 17.1. The molecule has 0 atom stereocenters. The molecule has 11 heteroatoms. The molecule has 0 bridgehead atoms. The summed E-state index contributed by atoms with van der Waals surface area (Å²) in [6, 6.07) is 11.5. The highest BCUT2D eigenvalue weighted by Gasteiger charge is 2.16. The monoisotopic (exact) mass is 558 g/mol. The summed E-state index contributed by atoms with van der Waals surface area (Å²) in [5.41, 5.74) is 0.753. The number of fused-ring (bicyclic) bond motifs is 1. The van der Waals surface area contributed by atoms with Gasteiger partial charge in [-0.1, -0.05) is 38.9 Å². The number of carbonyl (C=O) groups excluding carboxylic acids is 2. The average Bonchev–Trinajstić information content (AvgIpc) is 3.04. The van der Waals surface area contributed by atoms with E-state index in [4.69, 9.17) is 16.3 Å². The highest BCUT2D eigenvalue weighted by Crippen LogP contribution is 2.22. The number of hydrogen-bond donors (Lipinski definition) is 0. The molecule has 0 radical (unpaired) electrons. The molecule has 0 spiro atoms. The second-order valence-electron chi connectivity index (χ2n) is 6.77. The quantitative estimate of drug-likeness (QED) is 0.382. The molecule has 0 aliphatic carbocycles. The number of benzene rings is 2. The molecule has 0 aliphatic rings. The number of amides is 1. The number of sulfone groups is 1. The number of esters is 1. The highest BCUT2D eigenvalue weighted by atomic mass is 79.9. The van der Waals surface area contributed by atoms with Crippen molar-refractivity contribution in [1.29, 1.82) is 0 Å². The molecule has 3 aromatic rings. The van der Waals surface area contributed by atoms with Crippen LogP contribution in [0.25, 0.3) is 10.2 Å². The summed E-state index contributed by atoms with van der Waals surface area (Å²) >= 11 is 10.5. The lowest BCUT2D eigenvalue weighted by atomic mass is 10.3. The number of thiazole rings is 1. The normalized spacial score (nSPS) is 12.3. The van der Waals surface area contributed by atoms with Gasteiger partial charge in [-0.15, -0.1) is 0 Å². The summed E-state index contributed by atoms with van der Waals surface area (Å²) in [4.78, 5) is 29.2. The molecule has 0 N–H and O–H groups in total. The molecule has 1 aromatic heterocycles. The SMILES string of the molecule is CCOC(=O)Cn1c(=NC(=O)CCCS(=O)(=O)c2ccc(Cl)cc2)sc2cc(Br)ccc21. The van der Waals surface area contributed by atoms with Crippen LogP contribution < -0.4 is 4.80 Å². The van der Waals surface area contributed by atoms with Crippen molar-refractivity contribution in [1.82, 2.24) is 4.57 Å². The summed E-state index contributed by atoms with van der Waals surface area (Å²) in [6.07, 6.45) is 0.0891. The predicted octanol–water partition coefficient (Wildman–Crippen LogP) is 4.36. The van der Waals surface area contributed by atoms with E-state index in [9.17, 15) is 18.0 Å². The lowest BCUT2D eigenvalue weighted by molar-refractivity contribution is -0.143. The van der Waals surface area contributed by atoms with Crippen molar-refractivity contribution in [3.63, 3.8) is 0 Å². The molecule has 7 nitrogen and oxygen atoms in total. The second kappa shape index (κ2) is 10.7. The second-order valence-corrected chi connectivity index (χ2v) is 11.2. The molecule has 0 aliphatic heterocycles. The minimum Gasteiger partial charge on any atom is -0.465 e. The first kappa shape index (κ1) is 24.6. The third-order valence-electron chi connectivity index (χ3n) is 4.43. The van der Waals surface area contributed by atoms with Crippen molar-refractivity contribution in [2.24, 2.45) is 4.99 Å². The van der Waals surface area contributed by atoms with Gasteiger partial charge in [0.05, 0.1) is 27.5 Å². The van der Waals surface area contributed by atoms with Gasteiger partial charge in [0.25, 0.3) is 0 Å². The molecule has 2 aromatic carbocycles. The van der Waals surface area contributed by atoms with E-state index in [1.165, 1.54) is 35.6 Å². The van der Waals surface area contributed by atoms with Gasteiger partial charge in [0.1, 0.15) is 6.54 Å². The van der Waals surface area contributed by atoms with Gasteiger partial charge in [-0.3, -0.25) is 9.59 Å². The summed E-state index contributed by atoms with van der Waals surface area (Å²) in [6.45, 7) is 1.89. The van der Waals surface area contributed by atoms with Crippen molar-refractivity contribution < 1.29 is 22.7 Å². The number of halogens is 2. The van der Waals surface area contributed by atoms with Crippen molar-refractivity contribution in [2.75, 3.05) is 12.4 Å². The number of aromatic nitrogens is 1. The van der Waals surface area contributed by atoms with Crippen LogP contribution in [0.4, 0.5) is 0 Å². The Hall–Kier alpha value is -2.01. The fraction of sp³-hybridized carbons (Fsp3) is 0.286. The number of carbonyl (C=O) groups is 2. The van der Waals surface area contributed by atoms with Crippen LogP contribution in [0.1, 0.15) is 19.8 Å². The maximum Gasteiger partial charge on any atom is 0.326 e. The molecular weight excluding hydrogens is 540 g/mol. The van der Waals surface area contributed by atoms with Crippen LogP contribution in [0.2, 0.25) is 5.02 Å². The van der Waals surface area contributed by atoms with Gasteiger partial charge in [0, 0.05) is 15.9 Å². The summed E-state index contributed by atoms with van der Waals surface area (Å²) < 4.78 is 33.2. The molecule has 1 amide bonds. The number of rotatable bonds is 8. The Bertz CT molecular complexity index is 1310. The van der Waals surface area contributed by atoms with E-state index in [2.05, 4.69) is 20.9 Å². The molecule has 32 heavy (non-hydrogen) atoms. The standard InChI is InChI=1S/C21H20BrClN2O5S2/c1-2-30-20(27)13-25-17-10-5-14(22)12-18(17)31-21(25)24-19(26)4-3-11-32(28,29)16-8-6-15(23)7-9-16/h5-10,12H,2-4,11,13H2,1H3. The van der Waals surface area contributed by atoms with Crippen LogP contribution in [0.5, 0.6) is 0 Å². The Morgan fingerprint density at radius 3 is 2.59 bits per heavy atom. The fourth-order valence-corrected chi connectivity index (χ4v) is 5.99. The third-order valence-corrected chi connectivity index (χ3v) is 8.04. The van der Waals surface area contributed by atoms with Gasteiger partial charge < -0.3 is 9.30 Å². The number of hydrogen-bond acceptors (Lipinski definition) is 6.